The van der Waals surface area contributed by atoms with E-state index in [4.69, 9.17) is 4.74 Å². The predicted molar refractivity (Wildman–Crippen MR) is 112 cm³/mol. The highest BCUT2D eigenvalue weighted by Crippen LogP contribution is 2.15. The van der Waals surface area contributed by atoms with E-state index >= 15 is 0 Å². The second-order valence-corrected chi connectivity index (χ2v) is 6.68. The van der Waals surface area contributed by atoms with E-state index in [1.54, 1.807) is 6.33 Å². The van der Waals surface area contributed by atoms with Gasteiger partial charge in [-0.15, -0.1) is 0 Å². The van der Waals surface area contributed by atoms with Crippen molar-refractivity contribution in [1.29, 1.82) is 0 Å². The molecule has 4 rings (SSSR count). The number of aromatic nitrogens is 3. The van der Waals surface area contributed by atoms with E-state index in [1.807, 2.05) is 59.4 Å². The SMILES string of the molecule is O=C(NCCNc1cc(N2CCOCC2)ncn1)c1ccc(-n2cccc2)cc1. The molecule has 0 bridgehead atoms. The standard InChI is InChI=1S/C21H24N6O2/c28-21(17-3-5-18(6-4-17)26-9-1-2-10-26)23-8-7-22-19-15-20(25-16-24-19)27-11-13-29-14-12-27/h1-6,9-10,15-16H,7-8,11-14H2,(H,23,28)(H,22,24,25). The van der Waals surface area contributed by atoms with Gasteiger partial charge in [0.25, 0.3) is 5.91 Å². The topological polar surface area (TPSA) is 84.3 Å². The van der Waals surface area contributed by atoms with Crippen molar-refractivity contribution in [2.75, 3.05) is 49.6 Å². The van der Waals surface area contributed by atoms with Gasteiger partial charge in [-0.3, -0.25) is 4.79 Å². The summed E-state index contributed by atoms with van der Waals surface area (Å²) in [5.74, 6) is 1.53. The Hall–Kier alpha value is -3.39. The monoisotopic (exact) mass is 392 g/mol. The molecule has 8 heteroatoms. The Kier molecular flexibility index (Phi) is 6.01. The molecule has 1 aliphatic rings. The van der Waals surface area contributed by atoms with Crippen LogP contribution in [0, 0.1) is 0 Å². The molecule has 0 atom stereocenters. The van der Waals surface area contributed by atoms with Crippen LogP contribution in [0.4, 0.5) is 11.6 Å². The van der Waals surface area contributed by atoms with Gasteiger partial charge in [0, 0.05) is 55.9 Å². The third-order valence-electron chi connectivity index (χ3n) is 4.74. The molecule has 3 heterocycles. The Labute approximate surface area is 169 Å². The van der Waals surface area contributed by atoms with Gasteiger partial charge >= 0.3 is 0 Å². The highest BCUT2D eigenvalue weighted by Gasteiger charge is 2.13. The molecule has 1 fully saturated rings. The van der Waals surface area contributed by atoms with Crippen molar-refractivity contribution in [3.63, 3.8) is 0 Å². The molecule has 1 amide bonds. The van der Waals surface area contributed by atoms with Gasteiger partial charge in [-0.2, -0.15) is 0 Å². The molecule has 2 N–H and O–H groups in total. The van der Waals surface area contributed by atoms with Gasteiger partial charge < -0.3 is 24.8 Å². The molecular weight excluding hydrogens is 368 g/mol. The van der Waals surface area contributed by atoms with E-state index in [2.05, 4.69) is 25.5 Å². The fraction of sp³-hybridized carbons (Fsp3) is 0.286. The molecule has 1 aliphatic heterocycles. The lowest BCUT2D eigenvalue weighted by molar-refractivity contribution is 0.0955. The number of carbonyl (C=O) groups is 1. The lowest BCUT2D eigenvalue weighted by Crippen LogP contribution is -2.36. The highest BCUT2D eigenvalue weighted by atomic mass is 16.5. The van der Waals surface area contributed by atoms with E-state index < -0.39 is 0 Å². The van der Waals surface area contributed by atoms with Gasteiger partial charge in [-0.1, -0.05) is 0 Å². The van der Waals surface area contributed by atoms with Gasteiger partial charge in [0.15, 0.2) is 0 Å². The van der Waals surface area contributed by atoms with Crippen molar-refractivity contribution < 1.29 is 9.53 Å². The number of carbonyl (C=O) groups excluding carboxylic acids is 1. The number of morpholine rings is 1. The van der Waals surface area contributed by atoms with Crippen LogP contribution >= 0.6 is 0 Å². The Balaban J connectivity index is 1.24. The summed E-state index contributed by atoms with van der Waals surface area (Å²) in [7, 11) is 0. The number of hydrogen-bond donors (Lipinski definition) is 2. The first kappa shape index (κ1) is 18.9. The normalized spacial score (nSPS) is 13.9. The molecule has 0 saturated carbocycles. The maximum absolute atomic E-state index is 12.3. The molecular formula is C21H24N6O2. The largest absolute Gasteiger partial charge is 0.378 e. The van der Waals surface area contributed by atoms with Crippen molar-refractivity contribution in [2.24, 2.45) is 0 Å². The quantitative estimate of drug-likeness (QED) is 0.598. The third-order valence-corrected chi connectivity index (χ3v) is 4.74. The first-order valence-electron chi connectivity index (χ1n) is 9.70. The van der Waals surface area contributed by atoms with E-state index in [-0.39, 0.29) is 5.91 Å². The lowest BCUT2D eigenvalue weighted by Gasteiger charge is -2.27. The summed E-state index contributed by atoms with van der Waals surface area (Å²) in [6, 6.07) is 13.4. The minimum Gasteiger partial charge on any atom is -0.378 e. The summed E-state index contributed by atoms with van der Waals surface area (Å²) in [5, 5.41) is 6.15. The predicted octanol–water partition coefficient (Wildman–Crippen LogP) is 1.95. The molecule has 2 aromatic heterocycles. The fourth-order valence-corrected chi connectivity index (χ4v) is 3.17. The fourth-order valence-electron chi connectivity index (χ4n) is 3.17. The summed E-state index contributed by atoms with van der Waals surface area (Å²) in [4.78, 5) is 23.1. The van der Waals surface area contributed by atoms with E-state index in [1.165, 1.54) is 0 Å². The van der Waals surface area contributed by atoms with Crippen LogP contribution in [0.5, 0.6) is 0 Å². The van der Waals surface area contributed by atoms with E-state index in [0.717, 1.165) is 30.4 Å². The lowest BCUT2D eigenvalue weighted by atomic mass is 10.2. The average molecular weight is 392 g/mol. The second-order valence-electron chi connectivity index (χ2n) is 6.68. The summed E-state index contributed by atoms with van der Waals surface area (Å²) < 4.78 is 7.37. The van der Waals surface area contributed by atoms with Gasteiger partial charge in [-0.25, -0.2) is 9.97 Å². The zero-order valence-corrected chi connectivity index (χ0v) is 16.1. The summed E-state index contributed by atoms with van der Waals surface area (Å²) in [6.45, 7) is 4.16. The smallest absolute Gasteiger partial charge is 0.251 e. The van der Waals surface area contributed by atoms with Crippen molar-refractivity contribution in [3.8, 4) is 5.69 Å². The van der Waals surface area contributed by atoms with Crippen LogP contribution < -0.4 is 15.5 Å². The highest BCUT2D eigenvalue weighted by molar-refractivity contribution is 5.94. The van der Waals surface area contributed by atoms with Crippen molar-refractivity contribution >= 4 is 17.5 Å². The zero-order valence-electron chi connectivity index (χ0n) is 16.1. The number of benzene rings is 1. The first-order valence-corrected chi connectivity index (χ1v) is 9.70. The molecule has 0 aliphatic carbocycles. The van der Waals surface area contributed by atoms with E-state index in [0.29, 0.717) is 31.9 Å². The number of rotatable bonds is 7. The second kappa shape index (κ2) is 9.20. The molecule has 1 saturated heterocycles. The molecule has 1 aromatic carbocycles. The number of nitrogens with one attached hydrogen (secondary N) is 2. The number of hydrogen-bond acceptors (Lipinski definition) is 6. The van der Waals surface area contributed by atoms with Crippen LogP contribution in [0.15, 0.2) is 61.2 Å². The molecule has 0 spiro atoms. The number of amides is 1. The summed E-state index contributed by atoms with van der Waals surface area (Å²) in [6.07, 6.45) is 5.49. The third kappa shape index (κ3) is 4.91. The van der Waals surface area contributed by atoms with Gasteiger partial charge in [0.1, 0.15) is 18.0 Å². The van der Waals surface area contributed by atoms with Crippen LogP contribution in [-0.2, 0) is 4.74 Å². The van der Waals surface area contributed by atoms with Crippen LogP contribution in [0.2, 0.25) is 0 Å². The minimum atomic E-state index is -0.0949. The molecule has 0 unspecified atom stereocenters. The van der Waals surface area contributed by atoms with Crippen LogP contribution in [0.3, 0.4) is 0 Å². The number of nitrogens with zero attached hydrogens (tertiary/aromatic N) is 4. The Morgan fingerprint density at radius 3 is 2.55 bits per heavy atom. The van der Waals surface area contributed by atoms with Gasteiger partial charge in [-0.05, 0) is 36.4 Å². The summed E-state index contributed by atoms with van der Waals surface area (Å²) in [5.41, 5.74) is 1.66. The van der Waals surface area contributed by atoms with Gasteiger partial charge in [0.2, 0.25) is 0 Å². The van der Waals surface area contributed by atoms with E-state index in [9.17, 15) is 4.79 Å². The molecule has 3 aromatic rings. The van der Waals surface area contributed by atoms with Crippen molar-refractivity contribution in [1.82, 2.24) is 19.9 Å². The molecule has 150 valence electrons. The Morgan fingerprint density at radius 2 is 1.79 bits per heavy atom. The average Bonchev–Trinajstić information content (AvgIpc) is 3.32. The molecule has 0 radical (unpaired) electrons. The number of ether oxygens (including phenoxy) is 1. The minimum absolute atomic E-state index is 0.0949. The van der Waals surface area contributed by atoms with Crippen LogP contribution in [-0.4, -0.2) is 59.8 Å². The zero-order chi connectivity index (χ0) is 19.9. The van der Waals surface area contributed by atoms with Crippen molar-refractivity contribution in [3.05, 3.63) is 66.7 Å². The van der Waals surface area contributed by atoms with Crippen LogP contribution in [0.25, 0.3) is 5.69 Å². The summed E-state index contributed by atoms with van der Waals surface area (Å²) >= 11 is 0. The maximum Gasteiger partial charge on any atom is 0.251 e. The Morgan fingerprint density at radius 1 is 1.03 bits per heavy atom. The maximum atomic E-state index is 12.3. The molecule has 29 heavy (non-hydrogen) atoms. The van der Waals surface area contributed by atoms with Crippen LogP contribution in [0.1, 0.15) is 10.4 Å². The van der Waals surface area contributed by atoms with Crippen molar-refractivity contribution in [2.45, 2.75) is 0 Å². The first-order chi connectivity index (χ1) is 14.3. The van der Waals surface area contributed by atoms with Gasteiger partial charge in [0.05, 0.1) is 13.2 Å². The number of anilines is 2. The molecule has 8 nitrogen and oxygen atoms in total. The Bertz CT molecular complexity index is 921.